The molecule has 1 N–H and O–H groups in total. The summed E-state index contributed by atoms with van der Waals surface area (Å²) in [5.74, 6) is 0. The van der Waals surface area contributed by atoms with E-state index < -0.39 is 0 Å². The number of hydrogen-bond acceptors (Lipinski definition) is 0. The Balaban J connectivity index is 2.73. The van der Waals surface area contributed by atoms with Crippen LogP contribution in [0.5, 0.6) is 0 Å². The van der Waals surface area contributed by atoms with Crippen LogP contribution in [0.4, 0.5) is 0 Å². The van der Waals surface area contributed by atoms with E-state index in [0.717, 1.165) is 0 Å². The molecule has 0 fully saturated rings. The summed E-state index contributed by atoms with van der Waals surface area (Å²) in [6.45, 7) is 0. The van der Waals surface area contributed by atoms with E-state index in [2.05, 4.69) is 36.8 Å². The van der Waals surface area contributed by atoms with Gasteiger partial charge in [0.15, 0.2) is 0 Å². The monoisotopic (exact) mass is 329 g/mol. The topological polar surface area (TPSA) is 15.8 Å². The van der Waals surface area contributed by atoms with Crippen molar-refractivity contribution in [2.75, 3.05) is 0 Å². The standard InChI is InChI=1S/C12H7Br2N/c13-7-3-1-5-9-11(7)12-8(14)4-2-6-10(12)15-9/h1-6,15H/i1D,2D,3D,4D,5D,6D. The summed E-state index contributed by atoms with van der Waals surface area (Å²) in [6, 6.07) is -0.958. The molecule has 0 saturated carbocycles. The van der Waals surface area contributed by atoms with E-state index in [1.54, 1.807) is 0 Å². The van der Waals surface area contributed by atoms with Gasteiger partial charge >= 0.3 is 0 Å². The summed E-state index contributed by atoms with van der Waals surface area (Å²) >= 11 is 6.53. The number of aromatic amines is 1. The van der Waals surface area contributed by atoms with Crippen LogP contribution in [0.2, 0.25) is 0 Å². The first-order chi connectivity index (χ1) is 9.77. The van der Waals surface area contributed by atoms with Gasteiger partial charge in [0.2, 0.25) is 0 Å². The first-order valence-corrected chi connectivity index (χ1v) is 5.71. The average molecular weight is 331 g/mol. The molecule has 0 saturated heterocycles. The number of halogens is 2. The number of aromatic nitrogens is 1. The quantitative estimate of drug-likeness (QED) is 0.606. The summed E-state index contributed by atoms with van der Waals surface area (Å²) in [6.07, 6.45) is 0. The van der Waals surface area contributed by atoms with Crippen LogP contribution in [0.3, 0.4) is 0 Å². The van der Waals surface area contributed by atoms with Gasteiger partial charge in [-0.1, -0.05) is 43.9 Å². The Labute approximate surface area is 112 Å². The van der Waals surface area contributed by atoms with E-state index in [0.29, 0.717) is 30.8 Å². The van der Waals surface area contributed by atoms with Crippen molar-refractivity contribution in [3.05, 3.63) is 45.2 Å². The molecule has 15 heavy (non-hydrogen) atoms. The first-order valence-electron chi connectivity index (χ1n) is 7.13. The fraction of sp³-hybridized carbons (Fsp3) is 0. The minimum Gasteiger partial charge on any atom is -0.354 e. The molecule has 0 bridgehead atoms. The van der Waals surface area contributed by atoms with Crippen molar-refractivity contribution in [1.29, 1.82) is 0 Å². The third-order valence-electron chi connectivity index (χ3n) is 2.16. The van der Waals surface area contributed by atoms with Crippen molar-refractivity contribution in [3.63, 3.8) is 0 Å². The zero-order chi connectivity index (χ0) is 15.6. The van der Waals surface area contributed by atoms with Crippen molar-refractivity contribution in [2.45, 2.75) is 0 Å². The second-order valence-electron chi connectivity index (χ2n) is 3.00. The van der Waals surface area contributed by atoms with Gasteiger partial charge < -0.3 is 4.98 Å². The molecule has 3 rings (SSSR count). The molecule has 3 aromatic rings. The maximum absolute atomic E-state index is 7.98. The fourth-order valence-electron chi connectivity index (χ4n) is 1.55. The predicted molar refractivity (Wildman–Crippen MR) is 71.2 cm³/mol. The highest BCUT2D eigenvalue weighted by molar-refractivity contribution is 9.11. The van der Waals surface area contributed by atoms with Crippen molar-refractivity contribution >= 4 is 53.7 Å². The van der Waals surface area contributed by atoms with Gasteiger partial charge in [-0.3, -0.25) is 0 Å². The van der Waals surface area contributed by atoms with Crippen LogP contribution >= 0.6 is 31.9 Å². The van der Waals surface area contributed by atoms with Crippen LogP contribution in [-0.2, 0) is 0 Å². The highest BCUT2D eigenvalue weighted by atomic mass is 79.9. The number of nitrogens with one attached hydrogen (secondary N) is 1. The Morgan fingerprint density at radius 1 is 0.867 bits per heavy atom. The van der Waals surface area contributed by atoms with Gasteiger partial charge in [0.25, 0.3) is 0 Å². The normalized spacial score (nSPS) is 16.9. The maximum atomic E-state index is 7.98. The average Bonchev–Trinajstić information content (AvgIpc) is 2.87. The van der Waals surface area contributed by atoms with Crippen LogP contribution in [0.25, 0.3) is 21.8 Å². The zero-order valence-electron chi connectivity index (χ0n) is 13.3. The zero-order valence-corrected chi connectivity index (χ0v) is 10.4. The summed E-state index contributed by atoms with van der Waals surface area (Å²) in [5, 5.41) is 0.953. The highest BCUT2D eigenvalue weighted by Crippen LogP contribution is 2.35. The molecule has 0 spiro atoms. The van der Waals surface area contributed by atoms with Gasteiger partial charge in [-0.2, -0.15) is 0 Å². The lowest BCUT2D eigenvalue weighted by atomic mass is 10.1. The fourth-order valence-corrected chi connectivity index (χ4v) is 2.54. The first kappa shape index (κ1) is 5.02. The molecule has 0 atom stereocenters. The second kappa shape index (κ2) is 3.35. The lowest BCUT2D eigenvalue weighted by Crippen LogP contribution is -1.70. The Morgan fingerprint density at radius 2 is 1.33 bits per heavy atom. The molecule has 1 nitrogen and oxygen atoms in total. The number of benzene rings is 2. The van der Waals surface area contributed by atoms with Gasteiger partial charge in [0.1, 0.15) is 0 Å². The van der Waals surface area contributed by atoms with Crippen LogP contribution in [-0.4, -0.2) is 4.98 Å². The molecule has 3 heteroatoms. The van der Waals surface area contributed by atoms with E-state index in [4.69, 9.17) is 8.22 Å². The lowest BCUT2D eigenvalue weighted by Gasteiger charge is -1.96. The maximum Gasteiger partial charge on any atom is 0.0645 e. The van der Waals surface area contributed by atoms with Crippen molar-refractivity contribution in [3.8, 4) is 0 Å². The van der Waals surface area contributed by atoms with Gasteiger partial charge in [0.05, 0.1) is 8.22 Å². The van der Waals surface area contributed by atoms with E-state index in [9.17, 15) is 0 Å². The SMILES string of the molecule is [2H]c1c([2H])c(Br)c2c([nH]c3c([2H])c([2H])c([2H])c(Br)c32)c1[2H]. The van der Waals surface area contributed by atoms with E-state index in [-0.39, 0.29) is 36.3 Å². The van der Waals surface area contributed by atoms with Gasteiger partial charge in [-0.05, 0) is 24.2 Å². The van der Waals surface area contributed by atoms with Gasteiger partial charge in [0, 0.05) is 30.8 Å². The lowest BCUT2D eigenvalue weighted by molar-refractivity contribution is 1.54. The molecule has 1 heterocycles. The van der Waals surface area contributed by atoms with E-state index >= 15 is 0 Å². The molecule has 74 valence electrons. The molecule has 2 aromatic carbocycles. The smallest absolute Gasteiger partial charge is 0.0645 e. The Morgan fingerprint density at radius 3 is 1.80 bits per heavy atom. The number of H-pyrrole nitrogens is 1. The third kappa shape index (κ3) is 1.34. The van der Waals surface area contributed by atoms with Crippen LogP contribution < -0.4 is 0 Å². The molecule has 0 aliphatic carbocycles. The summed E-state index contributed by atoms with van der Waals surface area (Å²) < 4.78 is 47.9. The summed E-state index contributed by atoms with van der Waals surface area (Å²) in [4.78, 5) is 2.89. The molecule has 0 radical (unpaired) electrons. The largest absolute Gasteiger partial charge is 0.354 e. The molecule has 0 unspecified atom stereocenters. The molecular weight excluding hydrogens is 318 g/mol. The Hall–Kier alpha value is -0.800. The molecule has 1 aromatic heterocycles. The third-order valence-corrected chi connectivity index (χ3v) is 3.35. The molecule has 0 aliphatic heterocycles. The molecule has 0 aliphatic rings. The van der Waals surface area contributed by atoms with Crippen LogP contribution in [0.1, 0.15) is 8.22 Å². The summed E-state index contributed by atoms with van der Waals surface area (Å²) in [5.41, 5.74) is 0.633. The van der Waals surface area contributed by atoms with Crippen LogP contribution in [0, 0.1) is 0 Å². The van der Waals surface area contributed by atoms with Crippen molar-refractivity contribution in [1.82, 2.24) is 4.98 Å². The Bertz CT molecular complexity index is 859. The Kier molecular flexibility index (Phi) is 1.12. The van der Waals surface area contributed by atoms with Crippen molar-refractivity contribution in [2.24, 2.45) is 0 Å². The predicted octanol–water partition coefficient (Wildman–Crippen LogP) is 4.85. The molecule has 0 amide bonds. The van der Waals surface area contributed by atoms with Gasteiger partial charge in [-0.25, -0.2) is 0 Å². The van der Waals surface area contributed by atoms with Crippen LogP contribution in [0.15, 0.2) is 45.2 Å². The molecular formula is C12H7Br2N. The minimum absolute atomic E-state index is 0.117. The van der Waals surface area contributed by atoms with Crippen molar-refractivity contribution < 1.29 is 8.22 Å². The number of rotatable bonds is 0. The number of fused-ring (bicyclic) bond motifs is 3. The summed E-state index contributed by atoms with van der Waals surface area (Å²) in [7, 11) is 0. The van der Waals surface area contributed by atoms with Gasteiger partial charge in [-0.15, -0.1) is 0 Å². The second-order valence-corrected chi connectivity index (χ2v) is 4.59. The van der Waals surface area contributed by atoms with E-state index in [1.165, 1.54) is 0 Å². The number of hydrogen-bond donors (Lipinski definition) is 1. The van der Waals surface area contributed by atoms with E-state index in [1.807, 2.05) is 0 Å². The highest BCUT2D eigenvalue weighted by Gasteiger charge is 2.08. The minimum atomic E-state index is -0.222.